The second-order valence-corrected chi connectivity index (χ2v) is 11.9. The SMILES string of the molecule is CCCCCNC(=O)C1N([C@@H](CO)C(C)C)C(=O)[C@@H]2[C@H](C(=O)Nc3ccc(OCC)cc3)[C@@]3(C)OC12CC3C. The van der Waals surface area contributed by atoms with E-state index in [0.717, 1.165) is 19.3 Å². The van der Waals surface area contributed by atoms with Crippen molar-refractivity contribution in [3.8, 4) is 5.75 Å². The van der Waals surface area contributed by atoms with Crippen LogP contribution in [0.15, 0.2) is 24.3 Å². The molecule has 1 spiro atoms. The number of benzene rings is 1. The number of hydrogen-bond acceptors (Lipinski definition) is 6. The zero-order valence-electron chi connectivity index (χ0n) is 24.2. The number of likely N-dealkylation sites (tertiary alicyclic amines) is 1. The van der Waals surface area contributed by atoms with E-state index in [-0.39, 0.29) is 36.2 Å². The molecule has 3 heterocycles. The summed E-state index contributed by atoms with van der Waals surface area (Å²) in [6.45, 7) is 12.6. The summed E-state index contributed by atoms with van der Waals surface area (Å²) >= 11 is 0. The molecule has 9 nitrogen and oxygen atoms in total. The molecule has 1 aromatic carbocycles. The maximum absolute atomic E-state index is 14.3. The number of aliphatic hydroxyl groups excluding tert-OH is 1. The van der Waals surface area contributed by atoms with E-state index in [1.807, 2.05) is 34.6 Å². The number of anilines is 1. The number of hydrogen-bond donors (Lipinski definition) is 3. The highest BCUT2D eigenvalue weighted by atomic mass is 16.5. The summed E-state index contributed by atoms with van der Waals surface area (Å²) in [5, 5.41) is 16.4. The van der Waals surface area contributed by atoms with Crippen LogP contribution in [-0.4, -0.2) is 70.8 Å². The van der Waals surface area contributed by atoms with Crippen LogP contribution in [0.25, 0.3) is 0 Å². The van der Waals surface area contributed by atoms with Crippen LogP contribution in [-0.2, 0) is 19.1 Å². The monoisotopic (exact) mass is 543 g/mol. The summed E-state index contributed by atoms with van der Waals surface area (Å²) in [6, 6.07) is 5.65. The number of aliphatic hydroxyl groups is 1. The van der Waals surface area contributed by atoms with Gasteiger partial charge < -0.3 is 30.1 Å². The molecule has 3 amide bonds. The van der Waals surface area contributed by atoms with Gasteiger partial charge in [0.15, 0.2) is 0 Å². The molecule has 1 aromatic rings. The third-order valence-electron chi connectivity index (χ3n) is 9.11. The van der Waals surface area contributed by atoms with Crippen molar-refractivity contribution >= 4 is 23.4 Å². The summed E-state index contributed by atoms with van der Waals surface area (Å²) in [6.07, 6.45) is 3.35. The number of nitrogens with zero attached hydrogens (tertiary/aromatic N) is 1. The Balaban J connectivity index is 1.69. The Morgan fingerprint density at radius 2 is 1.87 bits per heavy atom. The molecule has 3 saturated heterocycles. The number of rotatable bonds is 12. The van der Waals surface area contributed by atoms with Crippen LogP contribution in [0, 0.1) is 23.7 Å². The van der Waals surface area contributed by atoms with E-state index in [0.29, 0.717) is 31.0 Å². The summed E-state index contributed by atoms with van der Waals surface area (Å²) < 4.78 is 12.3. The van der Waals surface area contributed by atoms with Gasteiger partial charge >= 0.3 is 0 Å². The van der Waals surface area contributed by atoms with Crippen molar-refractivity contribution in [3.05, 3.63) is 24.3 Å². The van der Waals surface area contributed by atoms with Gasteiger partial charge in [-0.05, 0) is 62.8 Å². The predicted octanol–water partition coefficient (Wildman–Crippen LogP) is 3.36. The van der Waals surface area contributed by atoms with Crippen molar-refractivity contribution in [1.29, 1.82) is 0 Å². The molecule has 3 aliphatic heterocycles. The van der Waals surface area contributed by atoms with Crippen LogP contribution in [0.5, 0.6) is 5.75 Å². The first kappa shape index (κ1) is 29.3. The molecule has 3 unspecified atom stereocenters. The highest BCUT2D eigenvalue weighted by molar-refractivity contribution is 6.02. The van der Waals surface area contributed by atoms with Crippen molar-refractivity contribution in [2.45, 2.75) is 90.5 Å². The smallest absolute Gasteiger partial charge is 0.245 e. The van der Waals surface area contributed by atoms with Crippen LogP contribution in [0.4, 0.5) is 5.69 Å². The first-order valence-electron chi connectivity index (χ1n) is 14.5. The first-order valence-corrected chi connectivity index (χ1v) is 14.5. The number of unbranched alkanes of at least 4 members (excludes halogenated alkanes) is 2. The summed E-state index contributed by atoms with van der Waals surface area (Å²) in [7, 11) is 0. The largest absolute Gasteiger partial charge is 0.494 e. The van der Waals surface area contributed by atoms with E-state index in [1.165, 1.54) is 0 Å². The fourth-order valence-corrected chi connectivity index (χ4v) is 7.06. The number of fused-ring (bicyclic) bond motifs is 1. The minimum atomic E-state index is -1.14. The Morgan fingerprint density at radius 1 is 1.18 bits per heavy atom. The van der Waals surface area contributed by atoms with Crippen LogP contribution in [0.3, 0.4) is 0 Å². The molecule has 7 atom stereocenters. The molecule has 0 radical (unpaired) electrons. The lowest BCUT2D eigenvalue weighted by Crippen LogP contribution is -2.59. The Bertz CT molecular complexity index is 1060. The minimum Gasteiger partial charge on any atom is -0.494 e. The third kappa shape index (κ3) is 4.92. The van der Waals surface area contributed by atoms with Crippen LogP contribution >= 0.6 is 0 Å². The zero-order chi connectivity index (χ0) is 28.5. The minimum absolute atomic E-state index is 0.0559. The fraction of sp³-hybridized carbons (Fsp3) is 0.700. The average Bonchev–Trinajstić information content (AvgIpc) is 3.40. The number of nitrogens with one attached hydrogen (secondary N) is 2. The van der Waals surface area contributed by atoms with Crippen molar-refractivity contribution < 1.29 is 29.0 Å². The maximum Gasteiger partial charge on any atom is 0.245 e. The normalized spacial score (nSPS) is 31.9. The highest BCUT2D eigenvalue weighted by Crippen LogP contribution is 2.65. The van der Waals surface area contributed by atoms with Crippen LogP contribution in [0.2, 0.25) is 0 Å². The van der Waals surface area contributed by atoms with Gasteiger partial charge in [-0.1, -0.05) is 40.5 Å². The van der Waals surface area contributed by atoms with Crippen molar-refractivity contribution in [1.82, 2.24) is 10.2 Å². The molecule has 0 aliphatic carbocycles. The highest BCUT2D eigenvalue weighted by Gasteiger charge is 2.80. The molecule has 3 fully saturated rings. The Hall–Kier alpha value is -2.65. The number of ether oxygens (including phenoxy) is 2. The molecule has 3 aliphatic rings. The van der Waals surface area contributed by atoms with Gasteiger partial charge in [0.25, 0.3) is 0 Å². The van der Waals surface area contributed by atoms with Crippen molar-refractivity contribution in [2.24, 2.45) is 23.7 Å². The molecule has 9 heteroatoms. The van der Waals surface area contributed by atoms with E-state index < -0.39 is 35.1 Å². The lowest BCUT2D eigenvalue weighted by molar-refractivity contribution is -0.151. The number of carbonyl (C=O) groups is 3. The van der Waals surface area contributed by atoms with Gasteiger partial charge in [0.1, 0.15) is 17.4 Å². The van der Waals surface area contributed by atoms with Crippen molar-refractivity contribution in [2.75, 3.05) is 25.1 Å². The summed E-state index contributed by atoms with van der Waals surface area (Å²) in [4.78, 5) is 43.5. The quantitative estimate of drug-likeness (QED) is 0.348. The molecule has 2 bridgehead atoms. The topological polar surface area (TPSA) is 117 Å². The Kier molecular flexibility index (Phi) is 8.61. The molecule has 0 saturated carbocycles. The number of amides is 3. The molecule has 0 aromatic heterocycles. The maximum atomic E-state index is 14.3. The van der Waals surface area contributed by atoms with E-state index in [2.05, 4.69) is 17.6 Å². The first-order chi connectivity index (χ1) is 18.5. The van der Waals surface area contributed by atoms with Gasteiger partial charge in [0.2, 0.25) is 17.7 Å². The van der Waals surface area contributed by atoms with Crippen LogP contribution < -0.4 is 15.4 Å². The molecular formula is C30H45N3O6. The van der Waals surface area contributed by atoms with Gasteiger partial charge in [0, 0.05) is 12.2 Å². The van der Waals surface area contributed by atoms with Gasteiger partial charge in [-0.2, -0.15) is 0 Å². The average molecular weight is 544 g/mol. The predicted molar refractivity (Wildman–Crippen MR) is 148 cm³/mol. The van der Waals surface area contributed by atoms with Crippen molar-refractivity contribution in [3.63, 3.8) is 0 Å². The lowest BCUT2D eigenvalue weighted by atomic mass is 9.62. The van der Waals surface area contributed by atoms with E-state index >= 15 is 0 Å². The lowest BCUT2D eigenvalue weighted by Gasteiger charge is -2.38. The van der Waals surface area contributed by atoms with Gasteiger partial charge in [-0.15, -0.1) is 0 Å². The summed E-state index contributed by atoms with van der Waals surface area (Å²) in [5.74, 6) is -1.92. The zero-order valence-corrected chi connectivity index (χ0v) is 24.2. The molecule has 4 rings (SSSR count). The third-order valence-corrected chi connectivity index (χ3v) is 9.11. The molecule has 39 heavy (non-hydrogen) atoms. The summed E-state index contributed by atoms with van der Waals surface area (Å²) in [5.41, 5.74) is -1.45. The molecular weight excluding hydrogens is 498 g/mol. The Morgan fingerprint density at radius 3 is 2.46 bits per heavy atom. The van der Waals surface area contributed by atoms with E-state index in [4.69, 9.17) is 9.47 Å². The molecule has 3 N–H and O–H groups in total. The Labute approximate surface area is 232 Å². The van der Waals surface area contributed by atoms with Gasteiger partial charge in [0.05, 0.1) is 36.7 Å². The van der Waals surface area contributed by atoms with E-state index in [9.17, 15) is 19.5 Å². The standard InChI is InChI=1S/C30H45N3O6/c1-7-9-10-15-31-27(36)25-30-16-19(5)29(6,39-30)23(24(30)28(37)33(25)22(17-34)18(3)4)26(35)32-20-11-13-21(14-12-20)38-8-2/h11-14,18-19,22-25,34H,7-10,15-17H2,1-6H3,(H,31,36)(H,32,35)/t19?,22-,23+,24-,25?,29-,30?/m0/s1. The van der Waals surface area contributed by atoms with Gasteiger partial charge in [-0.3, -0.25) is 14.4 Å². The second-order valence-electron chi connectivity index (χ2n) is 11.9. The second kappa shape index (κ2) is 11.5. The molecule has 216 valence electrons. The number of carbonyl (C=O) groups excluding carboxylic acids is 3. The van der Waals surface area contributed by atoms with Crippen LogP contribution in [0.1, 0.15) is 67.2 Å². The van der Waals surface area contributed by atoms with Gasteiger partial charge in [-0.25, -0.2) is 0 Å². The van der Waals surface area contributed by atoms with E-state index in [1.54, 1.807) is 29.2 Å². The fourth-order valence-electron chi connectivity index (χ4n) is 7.06.